The summed E-state index contributed by atoms with van der Waals surface area (Å²) in [6.45, 7) is 5.28. The van der Waals surface area contributed by atoms with Gasteiger partial charge in [0, 0.05) is 19.5 Å². The number of hydrogen-bond donors (Lipinski definition) is 3. The van der Waals surface area contributed by atoms with Gasteiger partial charge in [-0.1, -0.05) is 51.7 Å². The number of nitrogens with one attached hydrogen (secondary N) is 2. The first kappa shape index (κ1) is 27.8. The first-order valence-corrected chi connectivity index (χ1v) is 11.5. The number of carboxylic acids is 1. The number of nitrogens with zero attached hydrogens (tertiary/aromatic N) is 1. The first-order valence-electron chi connectivity index (χ1n) is 11.5. The Morgan fingerprint density at radius 2 is 1.37 bits per heavy atom. The van der Waals surface area contributed by atoms with E-state index in [2.05, 4.69) is 34.7 Å². The minimum Gasteiger partial charge on any atom is -0.477 e. The van der Waals surface area contributed by atoms with Gasteiger partial charge in [0.1, 0.15) is 5.71 Å². The van der Waals surface area contributed by atoms with Gasteiger partial charge in [-0.3, -0.25) is 4.79 Å². The lowest BCUT2D eigenvalue weighted by Gasteiger charge is -2.06. The van der Waals surface area contributed by atoms with Crippen LogP contribution in [0.4, 0.5) is 4.79 Å². The zero-order chi connectivity index (χ0) is 22.5. The number of allylic oxidation sites excluding steroid dienone is 2. The van der Waals surface area contributed by atoms with E-state index < -0.39 is 5.97 Å². The van der Waals surface area contributed by atoms with Crippen molar-refractivity contribution in [2.24, 2.45) is 4.99 Å². The minimum atomic E-state index is -1.11. The summed E-state index contributed by atoms with van der Waals surface area (Å²) in [6, 6.07) is -0.0668. The molecule has 0 aromatic rings. The van der Waals surface area contributed by atoms with E-state index in [-0.39, 0.29) is 24.1 Å². The SMILES string of the molecule is CCCCCNC(=O)NCCCC/C=C\CCCCCCC(=O)/N=C(/CC)C(=O)O. The summed E-state index contributed by atoms with van der Waals surface area (Å²) in [5, 5.41) is 14.6. The van der Waals surface area contributed by atoms with E-state index in [1.807, 2.05) is 0 Å². The Balaban J connectivity index is 3.49. The summed E-state index contributed by atoms with van der Waals surface area (Å²) in [4.78, 5) is 37.6. The number of unbranched alkanes of at least 4 members (excludes halogenated alkanes) is 8. The Hall–Kier alpha value is -2.18. The zero-order valence-corrected chi connectivity index (χ0v) is 18.9. The topological polar surface area (TPSA) is 108 Å². The predicted octanol–water partition coefficient (Wildman–Crippen LogP) is 5.01. The molecule has 0 saturated heterocycles. The Morgan fingerprint density at radius 1 is 0.800 bits per heavy atom. The van der Waals surface area contributed by atoms with Gasteiger partial charge in [-0.2, -0.15) is 0 Å². The Morgan fingerprint density at radius 3 is 1.93 bits per heavy atom. The van der Waals surface area contributed by atoms with Crippen molar-refractivity contribution in [2.45, 2.75) is 97.3 Å². The summed E-state index contributed by atoms with van der Waals surface area (Å²) in [7, 11) is 0. The Bertz CT molecular complexity index is 545. The monoisotopic (exact) mass is 423 g/mol. The molecule has 7 nitrogen and oxygen atoms in total. The standard InChI is InChI=1S/C23H41N3O4/c1-3-5-15-18-24-23(30)25-19-16-13-11-9-7-6-8-10-12-14-17-21(27)26-20(4-2)22(28)29/h7,9H,3-6,8,10-19H2,1-2H3,(H,28,29)(H2,24,25,30)/b9-7-,26-20-. The van der Waals surface area contributed by atoms with Crippen LogP contribution in [0.3, 0.4) is 0 Å². The van der Waals surface area contributed by atoms with E-state index in [0.717, 1.165) is 77.2 Å². The van der Waals surface area contributed by atoms with Gasteiger partial charge in [-0.15, -0.1) is 0 Å². The Kier molecular flexibility index (Phi) is 18.6. The first-order chi connectivity index (χ1) is 14.5. The van der Waals surface area contributed by atoms with E-state index in [1.54, 1.807) is 6.92 Å². The summed E-state index contributed by atoms with van der Waals surface area (Å²) in [5.41, 5.74) is -0.0633. The lowest BCUT2D eigenvalue weighted by molar-refractivity contribution is -0.130. The lowest BCUT2D eigenvalue weighted by Crippen LogP contribution is -2.36. The highest BCUT2D eigenvalue weighted by molar-refractivity contribution is 6.37. The molecule has 172 valence electrons. The lowest BCUT2D eigenvalue weighted by atomic mass is 10.1. The third-order valence-electron chi connectivity index (χ3n) is 4.67. The maximum Gasteiger partial charge on any atom is 0.350 e. The number of rotatable bonds is 18. The zero-order valence-electron chi connectivity index (χ0n) is 18.9. The number of aliphatic carboxylic acids is 1. The molecule has 0 atom stereocenters. The predicted molar refractivity (Wildman–Crippen MR) is 122 cm³/mol. The molecule has 0 radical (unpaired) electrons. The highest BCUT2D eigenvalue weighted by atomic mass is 16.4. The van der Waals surface area contributed by atoms with Crippen molar-refractivity contribution in [1.82, 2.24) is 10.6 Å². The van der Waals surface area contributed by atoms with E-state index in [4.69, 9.17) is 5.11 Å². The third-order valence-corrected chi connectivity index (χ3v) is 4.67. The molecule has 0 aliphatic carbocycles. The molecule has 3 amide bonds. The number of carbonyl (C=O) groups excluding carboxylic acids is 2. The van der Waals surface area contributed by atoms with Crippen molar-refractivity contribution in [2.75, 3.05) is 13.1 Å². The largest absolute Gasteiger partial charge is 0.477 e. The summed E-state index contributed by atoms with van der Waals surface area (Å²) >= 11 is 0. The third kappa shape index (κ3) is 17.9. The molecule has 0 aliphatic rings. The van der Waals surface area contributed by atoms with Crippen LogP contribution in [-0.4, -0.2) is 41.8 Å². The van der Waals surface area contributed by atoms with E-state index in [9.17, 15) is 14.4 Å². The maximum absolute atomic E-state index is 11.6. The molecule has 7 heteroatoms. The average Bonchev–Trinajstić information content (AvgIpc) is 2.72. The Labute approximate surface area is 181 Å². The van der Waals surface area contributed by atoms with E-state index >= 15 is 0 Å². The summed E-state index contributed by atoms with van der Waals surface area (Å²) in [6.07, 6.45) is 16.3. The molecular weight excluding hydrogens is 382 g/mol. The van der Waals surface area contributed by atoms with Crippen molar-refractivity contribution >= 4 is 23.6 Å². The fourth-order valence-corrected chi connectivity index (χ4v) is 2.84. The van der Waals surface area contributed by atoms with Crippen LogP contribution in [0.2, 0.25) is 0 Å². The quantitative estimate of drug-likeness (QED) is 0.164. The molecule has 0 heterocycles. The molecule has 0 saturated carbocycles. The van der Waals surface area contributed by atoms with Crippen molar-refractivity contribution in [3.8, 4) is 0 Å². The summed E-state index contributed by atoms with van der Waals surface area (Å²) < 4.78 is 0. The molecular formula is C23H41N3O4. The van der Waals surface area contributed by atoms with Gasteiger partial charge in [0.2, 0.25) is 5.91 Å². The fraction of sp³-hybridized carbons (Fsp3) is 0.739. The van der Waals surface area contributed by atoms with Gasteiger partial charge in [-0.25, -0.2) is 14.6 Å². The van der Waals surface area contributed by atoms with Crippen LogP contribution in [0.25, 0.3) is 0 Å². The number of hydrogen-bond acceptors (Lipinski definition) is 3. The van der Waals surface area contributed by atoms with Gasteiger partial charge < -0.3 is 15.7 Å². The van der Waals surface area contributed by atoms with Crippen molar-refractivity contribution < 1.29 is 19.5 Å². The number of amides is 3. The molecule has 0 aromatic carbocycles. The van der Waals surface area contributed by atoms with Gasteiger partial charge in [0.25, 0.3) is 0 Å². The number of urea groups is 1. The van der Waals surface area contributed by atoms with Gasteiger partial charge in [-0.05, 0) is 51.4 Å². The van der Waals surface area contributed by atoms with Crippen LogP contribution < -0.4 is 10.6 Å². The number of aliphatic imine (C=N–C) groups is 1. The molecule has 0 spiro atoms. The van der Waals surface area contributed by atoms with Crippen LogP contribution >= 0.6 is 0 Å². The van der Waals surface area contributed by atoms with E-state index in [0.29, 0.717) is 13.0 Å². The molecule has 0 rings (SSSR count). The van der Waals surface area contributed by atoms with Crippen molar-refractivity contribution in [1.29, 1.82) is 0 Å². The molecule has 0 unspecified atom stereocenters. The molecule has 0 aromatic heterocycles. The summed E-state index contributed by atoms with van der Waals surface area (Å²) in [5.74, 6) is -1.45. The number of carboxylic acid groups (broad SMARTS) is 1. The second-order valence-electron chi connectivity index (χ2n) is 7.42. The maximum atomic E-state index is 11.6. The second-order valence-corrected chi connectivity index (χ2v) is 7.42. The second kappa shape index (κ2) is 20.1. The minimum absolute atomic E-state index is 0.0633. The highest BCUT2D eigenvalue weighted by Gasteiger charge is 2.09. The average molecular weight is 424 g/mol. The van der Waals surface area contributed by atoms with Crippen LogP contribution in [0.5, 0.6) is 0 Å². The van der Waals surface area contributed by atoms with Crippen LogP contribution in [-0.2, 0) is 9.59 Å². The van der Waals surface area contributed by atoms with Crippen LogP contribution in [0.15, 0.2) is 17.1 Å². The molecule has 3 N–H and O–H groups in total. The molecule has 0 bridgehead atoms. The van der Waals surface area contributed by atoms with Crippen molar-refractivity contribution in [3.63, 3.8) is 0 Å². The molecule has 0 fully saturated rings. The van der Waals surface area contributed by atoms with E-state index in [1.165, 1.54) is 0 Å². The normalized spacial score (nSPS) is 11.6. The smallest absolute Gasteiger partial charge is 0.350 e. The van der Waals surface area contributed by atoms with Crippen LogP contribution in [0.1, 0.15) is 97.3 Å². The van der Waals surface area contributed by atoms with Gasteiger partial charge in [0.05, 0.1) is 0 Å². The van der Waals surface area contributed by atoms with Crippen molar-refractivity contribution in [3.05, 3.63) is 12.2 Å². The molecule has 30 heavy (non-hydrogen) atoms. The number of carbonyl (C=O) groups is 3. The molecule has 0 aliphatic heterocycles. The van der Waals surface area contributed by atoms with Crippen LogP contribution in [0, 0.1) is 0 Å². The highest BCUT2D eigenvalue weighted by Crippen LogP contribution is 2.08. The van der Waals surface area contributed by atoms with Gasteiger partial charge in [0.15, 0.2) is 0 Å². The van der Waals surface area contributed by atoms with Gasteiger partial charge >= 0.3 is 12.0 Å². The fourth-order valence-electron chi connectivity index (χ4n) is 2.84.